The first kappa shape index (κ1) is 29.3. The summed E-state index contributed by atoms with van der Waals surface area (Å²) in [6.07, 6.45) is 5.39. The number of fused-ring (bicyclic) bond motifs is 7. The standard InChI is InChI=1S/C47H35NOS/c1-47(40-19-11-18-38-36-16-5-8-22-43(36)49-46(38)40)28-26-33(27-29-47)48(42-21-10-13-31-12-2-3-14-34(31)42)41-20-7-4-15-35(41)32-24-25-45-39(30-32)37-17-6-9-23-44(37)50-45/h2-26,30H,27-29H2,1H3. The van der Waals surface area contributed by atoms with E-state index in [1.165, 1.54) is 75.5 Å². The molecule has 1 aliphatic carbocycles. The van der Waals surface area contributed by atoms with Crippen molar-refractivity contribution >= 4 is 75.6 Å². The van der Waals surface area contributed by atoms with Gasteiger partial charge < -0.3 is 9.32 Å². The topological polar surface area (TPSA) is 16.4 Å². The van der Waals surface area contributed by atoms with Gasteiger partial charge in [-0.2, -0.15) is 0 Å². The Kier molecular flexibility index (Phi) is 6.72. The van der Waals surface area contributed by atoms with Crippen molar-refractivity contribution in [2.24, 2.45) is 0 Å². The minimum atomic E-state index is -0.0497. The third-order valence-corrected chi connectivity index (χ3v) is 12.1. The van der Waals surface area contributed by atoms with E-state index in [1.807, 2.05) is 11.3 Å². The lowest BCUT2D eigenvalue weighted by Crippen LogP contribution is -2.29. The van der Waals surface area contributed by atoms with E-state index in [-0.39, 0.29) is 5.41 Å². The summed E-state index contributed by atoms with van der Waals surface area (Å²) in [5, 5.41) is 7.54. The molecule has 7 aromatic carbocycles. The lowest BCUT2D eigenvalue weighted by molar-refractivity contribution is 0.416. The molecule has 0 N–H and O–H groups in total. The zero-order valence-electron chi connectivity index (χ0n) is 27.9. The molecule has 240 valence electrons. The zero-order valence-corrected chi connectivity index (χ0v) is 28.7. The number of hydrogen-bond donors (Lipinski definition) is 0. The molecule has 0 bridgehead atoms. The van der Waals surface area contributed by atoms with E-state index in [9.17, 15) is 0 Å². The molecule has 9 aromatic rings. The van der Waals surface area contributed by atoms with E-state index in [1.54, 1.807) is 0 Å². The average molecular weight is 662 g/mol. The maximum atomic E-state index is 6.55. The van der Waals surface area contributed by atoms with Gasteiger partial charge in [-0.15, -0.1) is 11.3 Å². The number of thiophene rings is 1. The van der Waals surface area contributed by atoms with Crippen LogP contribution >= 0.6 is 11.3 Å². The fourth-order valence-corrected chi connectivity index (χ4v) is 9.36. The molecule has 10 rings (SSSR count). The molecule has 50 heavy (non-hydrogen) atoms. The van der Waals surface area contributed by atoms with Gasteiger partial charge in [0.2, 0.25) is 0 Å². The van der Waals surface area contributed by atoms with Gasteiger partial charge in [0.15, 0.2) is 0 Å². The van der Waals surface area contributed by atoms with Crippen LogP contribution in [0.5, 0.6) is 0 Å². The van der Waals surface area contributed by atoms with E-state index in [0.29, 0.717) is 0 Å². The van der Waals surface area contributed by atoms with Gasteiger partial charge in [0.05, 0.1) is 11.4 Å². The highest BCUT2D eigenvalue weighted by atomic mass is 32.1. The highest BCUT2D eigenvalue weighted by Gasteiger charge is 2.34. The zero-order chi connectivity index (χ0) is 33.2. The monoisotopic (exact) mass is 661 g/mol. The Morgan fingerprint density at radius 3 is 2.20 bits per heavy atom. The lowest BCUT2D eigenvalue weighted by Gasteiger charge is -2.38. The molecule has 0 spiro atoms. The summed E-state index contributed by atoms with van der Waals surface area (Å²) in [5.41, 5.74) is 9.47. The maximum absolute atomic E-state index is 6.55. The maximum Gasteiger partial charge on any atom is 0.139 e. The molecule has 0 aliphatic heterocycles. The van der Waals surface area contributed by atoms with Crippen LogP contribution in [-0.4, -0.2) is 0 Å². The van der Waals surface area contributed by atoms with Gasteiger partial charge in [-0.05, 0) is 66.6 Å². The van der Waals surface area contributed by atoms with E-state index in [2.05, 4.69) is 170 Å². The second-order valence-corrected chi connectivity index (χ2v) is 15.0. The Morgan fingerprint density at radius 1 is 0.600 bits per heavy atom. The van der Waals surface area contributed by atoms with Crippen molar-refractivity contribution in [1.82, 2.24) is 0 Å². The minimum Gasteiger partial charge on any atom is -0.456 e. The molecule has 1 atom stereocenters. The molecular formula is C47H35NOS. The number of hydrogen-bond acceptors (Lipinski definition) is 3. The number of para-hydroxylation sites is 3. The van der Waals surface area contributed by atoms with Crippen molar-refractivity contribution in [3.05, 3.63) is 169 Å². The van der Waals surface area contributed by atoms with E-state index in [4.69, 9.17) is 4.42 Å². The normalized spacial score (nSPS) is 16.5. The summed E-state index contributed by atoms with van der Waals surface area (Å²) < 4.78 is 9.21. The quantitative estimate of drug-likeness (QED) is 0.182. The van der Waals surface area contributed by atoms with Crippen molar-refractivity contribution in [2.75, 3.05) is 4.90 Å². The van der Waals surface area contributed by atoms with Crippen LogP contribution in [0.15, 0.2) is 168 Å². The number of anilines is 2. The fourth-order valence-electron chi connectivity index (χ4n) is 8.27. The van der Waals surface area contributed by atoms with E-state index in [0.717, 1.165) is 30.4 Å². The highest BCUT2D eigenvalue weighted by Crippen LogP contribution is 2.48. The Morgan fingerprint density at radius 2 is 1.30 bits per heavy atom. The van der Waals surface area contributed by atoms with Crippen LogP contribution in [0.2, 0.25) is 0 Å². The van der Waals surface area contributed by atoms with E-state index < -0.39 is 0 Å². The molecule has 2 aromatic heterocycles. The molecule has 0 saturated carbocycles. The predicted octanol–water partition coefficient (Wildman–Crippen LogP) is 13.9. The molecule has 0 saturated heterocycles. The van der Waals surface area contributed by atoms with Gasteiger partial charge in [0.25, 0.3) is 0 Å². The third-order valence-electron chi connectivity index (χ3n) is 10.9. The molecule has 0 radical (unpaired) electrons. The first-order chi connectivity index (χ1) is 24.6. The van der Waals surface area contributed by atoms with Crippen LogP contribution in [0.4, 0.5) is 11.4 Å². The number of benzene rings is 7. The Balaban J connectivity index is 1.13. The predicted molar refractivity (Wildman–Crippen MR) is 214 cm³/mol. The van der Waals surface area contributed by atoms with Crippen LogP contribution < -0.4 is 4.90 Å². The van der Waals surface area contributed by atoms with Crippen molar-refractivity contribution < 1.29 is 4.42 Å². The van der Waals surface area contributed by atoms with Gasteiger partial charge in [-0.25, -0.2) is 0 Å². The average Bonchev–Trinajstić information content (AvgIpc) is 3.74. The lowest BCUT2D eigenvalue weighted by atomic mass is 9.72. The second kappa shape index (κ2) is 11.5. The first-order valence-electron chi connectivity index (χ1n) is 17.5. The molecule has 1 unspecified atom stereocenters. The fraction of sp³-hybridized carbons (Fsp3) is 0.106. The first-order valence-corrected chi connectivity index (χ1v) is 18.3. The van der Waals surface area contributed by atoms with Gasteiger partial charge >= 0.3 is 0 Å². The van der Waals surface area contributed by atoms with Crippen LogP contribution in [0, 0.1) is 0 Å². The molecule has 0 fully saturated rings. The Hall–Kier alpha value is -5.64. The molecule has 2 nitrogen and oxygen atoms in total. The van der Waals surface area contributed by atoms with Crippen LogP contribution in [0.1, 0.15) is 31.7 Å². The van der Waals surface area contributed by atoms with Crippen molar-refractivity contribution in [3.63, 3.8) is 0 Å². The van der Waals surface area contributed by atoms with Gasteiger partial charge in [-0.3, -0.25) is 0 Å². The molecule has 1 aliphatic rings. The summed E-state index contributed by atoms with van der Waals surface area (Å²) in [5.74, 6) is 0. The number of allylic oxidation sites excluding steroid dienone is 2. The van der Waals surface area contributed by atoms with Crippen molar-refractivity contribution in [3.8, 4) is 11.1 Å². The van der Waals surface area contributed by atoms with Gasteiger partial charge in [0, 0.05) is 58.6 Å². The molecular weight excluding hydrogens is 627 g/mol. The highest BCUT2D eigenvalue weighted by molar-refractivity contribution is 7.25. The van der Waals surface area contributed by atoms with Crippen LogP contribution in [0.3, 0.4) is 0 Å². The summed E-state index contributed by atoms with van der Waals surface area (Å²) >= 11 is 1.87. The Bertz CT molecular complexity index is 2780. The smallest absolute Gasteiger partial charge is 0.139 e. The molecule has 3 heteroatoms. The summed E-state index contributed by atoms with van der Waals surface area (Å²) in [7, 11) is 0. The summed E-state index contributed by atoms with van der Waals surface area (Å²) in [6, 6.07) is 55.3. The van der Waals surface area contributed by atoms with Gasteiger partial charge in [-0.1, -0.05) is 128 Å². The van der Waals surface area contributed by atoms with Crippen molar-refractivity contribution in [2.45, 2.75) is 31.6 Å². The number of rotatable bonds is 5. The minimum absolute atomic E-state index is 0.0497. The third kappa shape index (κ3) is 4.61. The summed E-state index contributed by atoms with van der Waals surface area (Å²) in [6.45, 7) is 2.42. The summed E-state index contributed by atoms with van der Waals surface area (Å²) in [4.78, 5) is 2.55. The SMILES string of the molecule is CC1(c2cccc3c2oc2ccccc23)CC=C(N(c2ccccc2-c2ccc3sc4ccccc4c3c2)c2cccc3ccccc23)CC1. The largest absolute Gasteiger partial charge is 0.456 e. The Labute approximate surface area is 295 Å². The second-order valence-electron chi connectivity index (χ2n) is 13.9. The van der Waals surface area contributed by atoms with Crippen molar-refractivity contribution in [1.29, 1.82) is 0 Å². The number of furan rings is 1. The van der Waals surface area contributed by atoms with Gasteiger partial charge in [0.1, 0.15) is 11.2 Å². The molecule has 0 amide bonds. The number of nitrogens with zero attached hydrogens (tertiary/aromatic N) is 1. The van der Waals surface area contributed by atoms with Crippen LogP contribution in [-0.2, 0) is 5.41 Å². The molecule has 2 heterocycles. The van der Waals surface area contributed by atoms with E-state index >= 15 is 0 Å². The van der Waals surface area contributed by atoms with Crippen LogP contribution in [0.25, 0.3) is 64.0 Å².